The second-order valence-electron chi connectivity index (χ2n) is 6.42. The molecule has 1 saturated carbocycles. The predicted molar refractivity (Wildman–Crippen MR) is 85.5 cm³/mol. The molecule has 0 spiro atoms. The van der Waals surface area contributed by atoms with Gasteiger partial charge in [-0.1, -0.05) is 30.3 Å². The molecule has 6 heteroatoms. The van der Waals surface area contributed by atoms with Crippen molar-refractivity contribution in [3.05, 3.63) is 35.9 Å². The zero-order chi connectivity index (χ0) is 15.7. The number of nitrogens with one attached hydrogen (secondary N) is 1. The first-order valence-corrected chi connectivity index (χ1v) is 9.37. The maximum absolute atomic E-state index is 12.8. The van der Waals surface area contributed by atoms with Gasteiger partial charge >= 0.3 is 0 Å². The molecular weight excluding hydrogens is 300 g/mol. The highest BCUT2D eigenvalue weighted by atomic mass is 32.2. The van der Waals surface area contributed by atoms with Gasteiger partial charge in [-0.3, -0.25) is 0 Å². The molecule has 1 N–H and O–H groups in total. The van der Waals surface area contributed by atoms with E-state index >= 15 is 0 Å². The standard InChI is InChI=1S/C16H24N2O3S/c1-12-10-18(11-13(2)21-12)22(19,20)17-16(15-8-9-15)14-6-4-3-5-7-14/h3-7,12-13,15-17H,8-11H2,1-2H3/t12-,13-,16+/m1/s1. The van der Waals surface area contributed by atoms with Gasteiger partial charge in [0.2, 0.25) is 0 Å². The summed E-state index contributed by atoms with van der Waals surface area (Å²) in [5, 5.41) is 0. The minimum Gasteiger partial charge on any atom is -0.373 e. The minimum atomic E-state index is -3.50. The number of nitrogens with zero attached hydrogens (tertiary/aromatic N) is 1. The quantitative estimate of drug-likeness (QED) is 0.902. The number of rotatable bonds is 5. The SMILES string of the molecule is C[C@@H]1CN(S(=O)(=O)N[C@@H](c2ccccc2)C2CC2)C[C@@H](C)O1. The van der Waals surface area contributed by atoms with Crippen molar-refractivity contribution in [3.63, 3.8) is 0 Å². The van der Waals surface area contributed by atoms with Crippen LogP contribution in [0.1, 0.15) is 38.3 Å². The normalized spacial score (nSPS) is 28.5. The molecule has 1 aromatic carbocycles. The van der Waals surface area contributed by atoms with E-state index in [0.29, 0.717) is 19.0 Å². The fraction of sp³-hybridized carbons (Fsp3) is 0.625. The van der Waals surface area contributed by atoms with Crippen molar-refractivity contribution < 1.29 is 13.2 Å². The molecule has 22 heavy (non-hydrogen) atoms. The first kappa shape index (κ1) is 15.9. The second-order valence-corrected chi connectivity index (χ2v) is 8.13. The van der Waals surface area contributed by atoms with E-state index in [-0.39, 0.29) is 18.2 Å². The maximum Gasteiger partial charge on any atom is 0.280 e. The van der Waals surface area contributed by atoms with Crippen LogP contribution in [0.15, 0.2) is 30.3 Å². The summed E-state index contributed by atoms with van der Waals surface area (Å²) in [4.78, 5) is 0. The van der Waals surface area contributed by atoms with Gasteiger partial charge in [0.1, 0.15) is 0 Å². The number of hydrogen-bond acceptors (Lipinski definition) is 3. The molecule has 0 amide bonds. The zero-order valence-corrected chi connectivity index (χ0v) is 13.9. The average Bonchev–Trinajstić information content (AvgIpc) is 3.29. The molecule has 2 fully saturated rings. The number of morpholine rings is 1. The Bertz CT molecular complexity index is 591. The van der Waals surface area contributed by atoms with Gasteiger partial charge < -0.3 is 4.74 Å². The molecule has 1 aliphatic carbocycles. The predicted octanol–water partition coefficient (Wildman–Crippen LogP) is 2.08. The average molecular weight is 324 g/mol. The molecule has 0 bridgehead atoms. The molecule has 0 radical (unpaired) electrons. The van der Waals surface area contributed by atoms with E-state index in [1.165, 1.54) is 4.31 Å². The third-order valence-corrected chi connectivity index (χ3v) is 5.78. The van der Waals surface area contributed by atoms with Gasteiger partial charge in [-0.05, 0) is 38.2 Å². The molecule has 1 aromatic rings. The molecule has 3 atom stereocenters. The summed E-state index contributed by atoms with van der Waals surface area (Å²) in [6.07, 6.45) is 2.02. The van der Waals surface area contributed by atoms with Crippen LogP contribution in [0.5, 0.6) is 0 Å². The largest absolute Gasteiger partial charge is 0.373 e. The van der Waals surface area contributed by atoms with E-state index in [1.54, 1.807) is 0 Å². The molecule has 1 aliphatic heterocycles. The summed E-state index contributed by atoms with van der Waals surface area (Å²) >= 11 is 0. The third kappa shape index (κ3) is 3.68. The molecule has 1 heterocycles. The highest BCUT2D eigenvalue weighted by Gasteiger charge is 2.38. The molecule has 0 aromatic heterocycles. The van der Waals surface area contributed by atoms with Crippen LogP contribution in [0.25, 0.3) is 0 Å². The van der Waals surface area contributed by atoms with Crippen molar-refractivity contribution in [2.24, 2.45) is 5.92 Å². The van der Waals surface area contributed by atoms with Crippen LogP contribution in [0.3, 0.4) is 0 Å². The lowest BCUT2D eigenvalue weighted by molar-refractivity contribution is -0.0444. The van der Waals surface area contributed by atoms with E-state index < -0.39 is 10.2 Å². The van der Waals surface area contributed by atoms with Gasteiger partial charge in [0.15, 0.2) is 0 Å². The smallest absolute Gasteiger partial charge is 0.280 e. The summed E-state index contributed by atoms with van der Waals surface area (Å²) in [7, 11) is -3.50. The Morgan fingerprint density at radius 1 is 1.14 bits per heavy atom. The van der Waals surface area contributed by atoms with Crippen molar-refractivity contribution in [2.75, 3.05) is 13.1 Å². The molecule has 1 saturated heterocycles. The lowest BCUT2D eigenvalue weighted by atomic mass is 10.0. The van der Waals surface area contributed by atoms with Crippen molar-refractivity contribution in [1.29, 1.82) is 0 Å². The Morgan fingerprint density at radius 3 is 2.27 bits per heavy atom. The van der Waals surface area contributed by atoms with Gasteiger partial charge in [0.05, 0.1) is 18.2 Å². The van der Waals surface area contributed by atoms with Crippen LogP contribution in [0.4, 0.5) is 0 Å². The topological polar surface area (TPSA) is 58.6 Å². The molecule has 5 nitrogen and oxygen atoms in total. The van der Waals surface area contributed by atoms with Gasteiger partial charge in [-0.2, -0.15) is 17.4 Å². The Morgan fingerprint density at radius 2 is 1.73 bits per heavy atom. The lowest BCUT2D eigenvalue weighted by Gasteiger charge is -2.35. The lowest BCUT2D eigenvalue weighted by Crippen LogP contribution is -2.52. The van der Waals surface area contributed by atoms with Crippen molar-refractivity contribution in [2.45, 2.75) is 44.9 Å². The molecule has 122 valence electrons. The summed E-state index contributed by atoms with van der Waals surface area (Å²) < 4.78 is 35.6. The third-order valence-electron chi connectivity index (χ3n) is 4.25. The van der Waals surface area contributed by atoms with Crippen LogP contribution >= 0.6 is 0 Å². The summed E-state index contributed by atoms with van der Waals surface area (Å²) in [5.74, 6) is 0.410. The van der Waals surface area contributed by atoms with Crippen molar-refractivity contribution >= 4 is 10.2 Å². The Hall–Kier alpha value is -0.950. The monoisotopic (exact) mass is 324 g/mol. The van der Waals surface area contributed by atoms with Crippen LogP contribution in [-0.4, -0.2) is 38.0 Å². The fourth-order valence-corrected chi connectivity index (χ4v) is 4.70. The van der Waals surface area contributed by atoms with Crippen LogP contribution < -0.4 is 4.72 Å². The van der Waals surface area contributed by atoms with Gasteiger partial charge in [-0.25, -0.2) is 0 Å². The summed E-state index contributed by atoms with van der Waals surface area (Å²) in [5.41, 5.74) is 1.04. The molecular formula is C16H24N2O3S. The summed E-state index contributed by atoms with van der Waals surface area (Å²) in [6, 6.07) is 9.73. The van der Waals surface area contributed by atoms with Gasteiger partial charge in [-0.15, -0.1) is 0 Å². The summed E-state index contributed by atoms with van der Waals surface area (Å²) in [6.45, 7) is 4.64. The van der Waals surface area contributed by atoms with E-state index in [2.05, 4.69) is 4.72 Å². The minimum absolute atomic E-state index is 0.0728. The molecule has 3 rings (SSSR count). The van der Waals surface area contributed by atoms with Gasteiger partial charge in [0, 0.05) is 13.1 Å². The Labute approximate surface area is 132 Å². The Kier molecular flexibility index (Phi) is 4.54. The second kappa shape index (κ2) is 6.28. The first-order valence-electron chi connectivity index (χ1n) is 7.93. The van der Waals surface area contributed by atoms with Crippen molar-refractivity contribution in [1.82, 2.24) is 9.03 Å². The highest BCUT2D eigenvalue weighted by Crippen LogP contribution is 2.41. The Balaban J connectivity index is 1.77. The van der Waals surface area contributed by atoms with Crippen molar-refractivity contribution in [3.8, 4) is 0 Å². The van der Waals surface area contributed by atoms with E-state index in [0.717, 1.165) is 18.4 Å². The van der Waals surface area contributed by atoms with Crippen LogP contribution in [0.2, 0.25) is 0 Å². The fourth-order valence-electron chi connectivity index (χ4n) is 3.09. The number of benzene rings is 1. The van der Waals surface area contributed by atoms with E-state index in [1.807, 2.05) is 44.2 Å². The first-order chi connectivity index (χ1) is 10.5. The van der Waals surface area contributed by atoms with Crippen LogP contribution in [0, 0.1) is 5.92 Å². The van der Waals surface area contributed by atoms with E-state index in [4.69, 9.17) is 4.74 Å². The number of ether oxygens (including phenoxy) is 1. The van der Waals surface area contributed by atoms with Gasteiger partial charge in [0.25, 0.3) is 10.2 Å². The molecule has 2 aliphatic rings. The van der Waals surface area contributed by atoms with E-state index in [9.17, 15) is 8.42 Å². The highest BCUT2D eigenvalue weighted by molar-refractivity contribution is 7.87. The van der Waals surface area contributed by atoms with Crippen LogP contribution in [-0.2, 0) is 14.9 Å². The number of hydrogen-bond donors (Lipinski definition) is 1. The molecule has 0 unspecified atom stereocenters. The zero-order valence-electron chi connectivity index (χ0n) is 13.1. The maximum atomic E-state index is 12.8.